The molecule has 1 aliphatic rings. The van der Waals surface area contributed by atoms with Crippen molar-refractivity contribution in [3.05, 3.63) is 22.2 Å². The molecular formula is C15H22ClNO2. The summed E-state index contributed by atoms with van der Waals surface area (Å²) in [7, 11) is 3.29. The van der Waals surface area contributed by atoms with Crippen LogP contribution in [0.15, 0.2) is 6.07 Å². The summed E-state index contributed by atoms with van der Waals surface area (Å²) in [6.45, 7) is 1.96. The van der Waals surface area contributed by atoms with Gasteiger partial charge in [0.25, 0.3) is 0 Å². The zero-order valence-corrected chi connectivity index (χ0v) is 12.6. The predicted molar refractivity (Wildman–Crippen MR) is 78.2 cm³/mol. The Morgan fingerprint density at radius 2 is 1.79 bits per heavy atom. The number of ether oxygens (including phenoxy) is 2. The van der Waals surface area contributed by atoms with E-state index in [2.05, 4.69) is 0 Å². The standard InChI is InChI=1S/C15H22ClNO2/c1-10-9-11(18-2)12(13(16)14(10)19-3)15(17)7-5-4-6-8-15/h9H,4-8,17H2,1-3H3. The van der Waals surface area contributed by atoms with E-state index in [1.807, 2.05) is 13.0 Å². The van der Waals surface area contributed by atoms with Crippen molar-refractivity contribution in [1.29, 1.82) is 0 Å². The van der Waals surface area contributed by atoms with Crippen molar-refractivity contribution >= 4 is 11.6 Å². The molecule has 0 spiro atoms. The molecule has 0 atom stereocenters. The second kappa shape index (κ2) is 5.59. The first-order chi connectivity index (χ1) is 9.03. The van der Waals surface area contributed by atoms with Crippen molar-refractivity contribution in [2.24, 2.45) is 5.73 Å². The molecule has 1 aromatic carbocycles. The number of benzene rings is 1. The molecule has 4 heteroatoms. The van der Waals surface area contributed by atoms with Gasteiger partial charge in [-0.2, -0.15) is 0 Å². The lowest BCUT2D eigenvalue weighted by Gasteiger charge is -2.36. The van der Waals surface area contributed by atoms with Crippen molar-refractivity contribution < 1.29 is 9.47 Å². The van der Waals surface area contributed by atoms with E-state index in [1.54, 1.807) is 14.2 Å². The van der Waals surface area contributed by atoms with Gasteiger partial charge in [0.05, 0.1) is 19.2 Å². The van der Waals surface area contributed by atoms with Gasteiger partial charge in [0, 0.05) is 11.1 Å². The minimum absolute atomic E-state index is 0.401. The van der Waals surface area contributed by atoms with E-state index in [0.717, 1.165) is 42.6 Å². The maximum absolute atomic E-state index is 6.61. The summed E-state index contributed by atoms with van der Waals surface area (Å²) >= 11 is 6.54. The highest BCUT2D eigenvalue weighted by Crippen LogP contribution is 2.47. The molecule has 0 saturated heterocycles. The number of nitrogens with two attached hydrogens (primary N) is 1. The van der Waals surface area contributed by atoms with Crippen LogP contribution >= 0.6 is 11.6 Å². The molecule has 19 heavy (non-hydrogen) atoms. The third-order valence-electron chi connectivity index (χ3n) is 4.04. The average molecular weight is 284 g/mol. The van der Waals surface area contributed by atoms with Gasteiger partial charge >= 0.3 is 0 Å². The normalized spacial score (nSPS) is 18.2. The minimum Gasteiger partial charge on any atom is -0.496 e. The van der Waals surface area contributed by atoms with E-state index in [1.165, 1.54) is 6.42 Å². The van der Waals surface area contributed by atoms with E-state index in [9.17, 15) is 0 Å². The van der Waals surface area contributed by atoms with Crippen LogP contribution in [0.5, 0.6) is 11.5 Å². The highest BCUT2D eigenvalue weighted by Gasteiger charge is 2.35. The fourth-order valence-corrected chi connectivity index (χ4v) is 3.54. The van der Waals surface area contributed by atoms with Crippen LogP contribution in [0.1, 0.15) is 43.2 Å². The van der Waals surface area contributed by atoms with Gasteiger partial charge in [-0.25, -0.2) is 0 Å². The predicted octanol–water partition coefficient (Wildman–Crippen LogP) is 3.78. The fraction of sp³-hybridized carbons (Fsp3) is 0.600. The highest BCUT2D eigenvalue weighted by atomic mass is 35.5. The van der Waals surface area contributed by atoms with Crippen LogP contribution in [0.2, 0.25) is 5.02 Å². The SMILES string of the molecule is COc1cc(C)c(OC)c(Cl)c1C1(N)CCCCC1. The number of hydrogen-bond donors (Lipinski definition) is 1. The molecule has 0 unspecified atom stereocenters. The molecule has 106 valence electrons. The average Bonchev–Trinajstić information content (AvgIpc) is 2.38. The third-order valence-corrected chi connectivity index (χ3v) is 4.40. The van der Waals surface area contributed by atoms with Gasteiger partial charge in [-0.15, -0.1) is 0 Å². The Morgan fingerprint density at radius 3 is 2.32 bits per heavy atom. The Labute approximate surface area is 120 Å². The van der Waals surface area contributed by atoms with Gasteiger partial charge in [-0.05, 0) is 31.4 Å². The number of hydrogen-bond acceptors (Lipinski definition) is 3. The summed E-state index contributed by atoms with van der Waals surface area (Å²) < 4.78 is 10.9. The second-order valence-corrected chi connectivity index (χ2v) is 5.71. The van der Waals surface area contributed by atoms with E-state index in [-0.39, 0.29) is 0 Å². The summed E-state index contributed by atoms with van der Waals surface area (Å²) in [5, 5.41) is 0.601. The summed E-state index contributed by atoms with van der Waals surface area (Å²) in [6, 6.07) is 1.96. The molecule has 1 saturated carbocycles. The topological polar surface area (TPSA) is 44.5 Å². The zero-order chi connectivity index (χ0) is 14.0. The maximum Gasteiger partial charge on any atom is 0.140 e. The first-order valence-corrected chi connectivity index (χ1v) is 7.11. The smallest absolute Gasteiger partial charge is 0.140 e. The summed E-state index contributed by atoms with van der Waals surface area (Å²) in [4.78, 5) is 0. The van der Waals surface area contributed by atoms with E-state index in [4.69, 9.17) is 26.8 Å². The lowest BCUT2D eigenvalue weighted by molar-refractivity contribution is 0.287. The number of methoxy groups -OCH3 is 2. The molecule has 0 radical (unpaired) electrons. The molecular weight excluding hydrogens is 262 g/mol. The maximum atomic E-state index is 6.61. The minimum atomic E-state index is -0.401. The zero-order valence-electron chi connectivity index (χ0n) is 11.9. The van der Waals surface area contributed by atoms with Crippen molar-refractivity contribution in [2.45, 2.75) is 44.6 Å². The van der Waals surface area contributed by atoms with E-state index < -0.39 is 5.54 Å². The van der Waals surface area contributed by atoms with Crippen LogP contribution in [0.4, 0.5) is 0 Å². The van der Waals surface area contributed by atoms with Crippen LogP contribution in [-0.2, 0) is 5.54 Å². The Hall–Kier alpha value is -0.930. The summed E-state index contributed by atoms with van der Waals surface area (Å²) in [6.07, 6.45) is 5.38. The molecule has 0 amide bonds. The Balaban J connectivity index is 2.59. The summed E-state index contributed by atoms with van der Waals surface area (Å²) in [5.41, 5.74) is 8.08. The third kappa shape index (κ3) is 2.54. The van der Waals surface area contributed by atoms with Crippen LogP contribution in [0.25, 0.3) is 0 Å². The molecule has 0 heterocycles. The second-order valence-electron chi connectivity index (χ2n) is 5.33. The van der Waals surface area contributed by atoms with Crippen molar-refractivity contribution in [3.63, 3.8) is 0 Å². The van der Waals surface area contributed by atoms with Crippen LogP contribution in [-0.4, -0.2) is 14.2 Å². The number of aryl methyl sites for hydroxylation is 1. The first-order valence-electron chi connectivity index (χ1n) is 6.74. The largest absolute Gasteiger partial charge is 0.496 e. The van der Waals surface area contributed by atoms with Gasteiger partial charge < -0.3 is 15.2 Å². The lowest BCUT2D eigenvalue weighted by Crippen LogP contribution is -2.39. The van der Waals surface area contributed by atoms with Crippen molar-refractivity contribution in [3.8, 4) is 11.5 Å². The molecule has 3 nitrogen and oxygen atoms in total. The molecule has 1 aliphatic carbocycles. The van der Waals surface area contributed by atoms with Gasteiger partial charge in [-0.3, -0.25) is 0 Å². The van der Waals surface area contributed by atoms with Gasteiger partial charge in [0.15, 0.2) is 0 Å². The molecule has 2 N–H and O–H groups in total. The Bertz CT molecular complexity index is 468. The molecule has 2 rings (SSSR count). The molecule has 1 aromatic rings. The van der Waals surface area contributed by atoms with E-state index >= 15 is 0 Å². The van der Waals surface area contributed by atoms with Gasteiger partial charge in [0.1, 0.15) is 11.5 Å². The van der Waals surface area contributed by atoms with E-state index in [0.29, 0.717) is 10.8 Å². The van der Waals surface area contributed by atoms with Crippen LogP contribution < -0.4 is 15.2 Å². The van der Waals surface area contributed by atoms with Crippen LogP contribution in [0, 0.1) is 6.92 Å². The quantitative estimate of drug-likeness (QED) is 0.918. The highest BCUT2D eigenvalue weighted by molar-refractivity contribution is 6.33. The lowest BCUT2D eigenvalue weighted by atomic mass is 9.76. The molecule has 0 aliphatic heterocycles. The number of rotatable bonds is 3. The molecule has 0 bridgehead atoms. The van der Waals surface area contributed by atoms with Gasteiger partial charge in [0.2, 0.25) is 0 Å². The van der Waals surface area contributed by atoms with Crippen LogP contribution in [0.3, 0.4) is 0 Å². The first kappa shape index (κ1) is 14.5. The Morgan fingerprint density at radius 1 is 1.16 bits per heavy atom. The fourth-order valence-electron chi connectivity index (χ4n) is 3.04. The van der Waals surface area contributed by atoms with Crippen molar-refractivity contribution in [1.82, 2.24) is 0 Å². The van der Waals surface area contributed by atoms with Crippen molar-refractivity contribution in [2.75, 3.05) is 14.2 Å². The summed E-state index contributed by atoms with van der Waals surface area (Å²) in [5.74, 6) is 1.47. The molecule has 0 aromatic heterocycles. The number of halogens is 1. The molecule has 1 fully saturated rings. The Kier molecular flexibility index (Phi) is 4.26. The van der Waals surface area contributed by atoms with Gasteiger partial charge in [-0.1, -0.05) is 30.9 Å². The monoisotopic (exact) mass is 283 g/mol.